The molecule has 1 aromatic carbocycles. The molecule has 0 atom stereocenters. The third kappa shape index (κ3) is 2.31. The predicted molar refractivity (Wildman–Crippen MR) is 77.4 cm³/mol. The molecule has 3 aromatic rings. The van der Waals surface area contributed by atoms with Crippen molar-refractivity contribution in [1.82, 2.24) is 9.97 Å². The molecule has 0 fully saturated rings. The molecule has 0 aliphatic carbocycles. The second kappa shape index (κ2) is 5.01. The molecule has 0 amide bonds. The number of nitrogens with zero attached hydrogens (tertiary/aromatic N) is 1. The van der Waals surface area contributed by atoms with Crippen LogP contribution in [0.3, 0.4) is 0 Å². The molecular formula is C16H12N2O2. The number of hydrogen-bond donors (Lipinski definition) is 2. The lowest BCUT2D eigenvalue weighted by Crippen LogP contribution is -2.08. The van der Waals surface area contributed by atoms with Gasteiger partial charge in [0.2, 0.25) is 0 Å². The maximum absolute atomic E-state index is 12.0. The molecule has 4 nitrogen and oxygen atoms in total. The number of phenols is 1. The van der Waals surface area contributed by atoms with E-state index in [1.165, 1.54) is 0 Å². The summed E-state index contributed by atoms with van der Waals surface area (Å²) in [5, 5.41) is 9.53. The van der Waals surface area contributed by atoms with Gasteiger partial charge in [-0.15, -0.1) is 0 Å². The van der Waals surface area contributed by atoms with Crippen LogP contribution in [0.15, 0.2) is 65.7 Å². The van der Waals surface area contributed by atoms with Crippen LogP contribution in [0.5, 0.6) is 5.75 Å². The second-order valence-corrected chi connectivity index (χ2v) is 4.40. The monoisotopic (exact) mass is 264 g/mol. The molecule has 0 saturated heterocycles. The topological polar surface area (TPSA) is 66.0 Å². The van der Waals surface area contributed by atoms with Crippen LogP contribution in [-0.4, -0.2) is 15.1 Å². The first-order chi connectivity index (χ1) is 9.74. The molecule has 98 valence electrons. The quantitative estimate of drug-likeness (QED) is 0.748. The molecule has 2 heterocycles. The molecule has 4 heteroatoms. The summed E-state index contributed by atoms with van der Waals surface area (Å²) in [5.74, 6) is 0.130. The van der Waals surface area contributed by atoms with Gasteiger partial charge in [-0.1, -0.05) is 18.2 Å². The first-order valence-corrected chi connectivity index (χ1v) is 6.17. The van der Waals surface area contributed by atoms with Gasteiger partial charge in [0, 0.05) is 23.5 Å². The number of nitrogens with one attached hydrogen (secondary N) is 1. The van der Waals surface area contributed by atoms with Crippen molar-refractivity contribution < 1.29 is 5.11 Å². The van der Waals surface area contributed by atoms with E-state index < -0.39 is 0 Å². The minimum absolute atomic E-state index is 0.130. The van der Waals surface area contributed by atoms with Crippen LogP contribution in [0, 0.1) is 0 Å². The van der Waals surface area contributed by atoms with Gasteiger partial charge in [0.05, 0.1) is 5.69 Å². The average Bonchev–Trinajstić information content (AvgIpc) is 2.48. The Kier molecular flexibility index (Phi) is 3.05. The highest BCUT2D eigenvalue weighted by Crippen LogP contribution is 2.23. The first kappa shape index (κ1) is 12.2. The highest BCUT2D eigenvalue weighted by Gasteiger charge is 2.07. The van der Waals surface area contributed by atoms with E-state index in [0.29, 0.717) is 11.1 Å². The van der Waals surface area contributed by atoms with Gasteiger partial charge in [-0.3, -0.25) is 9.78 Å². The number of pyridine rings is 2. The summed E-state index contributed by atoms with van der Waals surface area (Å²) in [5.41, 5.74) is 2.58. The van der Waals surface area contributed by atoms with Gasteiger partial charge < -0.3 is 10.1 Å². The van der Waals surface area contributed by atoms with Crippen LogP contribution in [0.2, 0.25) is 0 Å². The maximum Gasteiger partial charge on any atom is 0.255 e. The highest BCUT2D eigenvalue weighted by atomic mass is 16.3. The van der Waals surface area contributed by atoms with Crippen molar-refractivity contribution in [1.29, 1.82) is 0 Å². The molecule has 0 unspecified atom stereocenters. The van der Waals surface area contributed by atoms with E-state index in [1.807, 2.05) is 18.2 Å². The average molecular weight is 264 g/mol. The van der Waals surface area contributed by atoms with Crippen LogP contribution in [0.4, 0.5) is 0 Å². The van der Waals surface area contributed by atoms with Crippen LogP contribution in [0.1, 0.15) is 0 Å². The molecule has 0 saturated carbocycles. The van der Waals surface area contributed by atoms with E-state index in [4.69, 9.17) is 0 Å². The highest BCUT2D eigenvalue weighted by molar-refractivity contribution is 5.70. The Bertz CT molecular complexity index is 795. The molecule has 0 radical (unpaired) electrons. The van der Waals surface area contributed by atoms with Crippen molar-refractivity contribution in [3.05, 3.63) is 71.3 Å². The van der Waals surface area contributed by atoms with Gasteiger partial charge in [0.1, 0.15) is 5.75 Å². The lowest BCUT2D eigenvalue weighted by atomic mass is 10.0. The number of benzene rings is 1. The Morgan fingerprint density at radius 1 is 1.00 bits per heavy atom. The number of hydrogen-bond acceptors (Lipinski definition) is 3. The Morgan fingerprint density at radius 3 is 2.65 bits per heavy atom. The van der Waals surface area contributed by atoms with Crippen LogP contribution < -0.4 is 5.56 Å². The smallest absolute Gasteiger partial charge is 0.255 e. The van der Waals surface area contributed by atoms with Crippen LogP contribution in [-0.2, 0) is 0 Å². The second-order valence-electron chi connectivity index (χ2n) is 4.40. The third-order valence-corrected chi connectivity index (χ3v) is 3.02. The summed E-state index contributed by atoms with van der Waals surface area (Å²) in [6.45, 7) is 0. The number of H-pyrrole nitrogens is 1. The Labute approximate surface area is 115 Å². The summed E-state index contributed by atoms with van der Waals surface area (Å²) < 4.78 is 0. The number of aromatic nitrogens is 2. The fourth-order valence-corrected chi connectivity index (χ4v) is 2.05. The fraction of sp³-hybridized carbons (Fsp3) is 0. The van der Waals surface area contributed by atoms with Gasteiger partial charge in [0.25, 0.3) is 5.56 Å². The summed E-state index contributed by atoms with van der Waals surface area (Å²) in [7, 11) is 0. The van der Waals surface area contributed by atoms with Crippen LogP contribution in [0.25, 0.3) is 22.4 Å². The summed E-state index contributed by atoms with van der Waals surface area (Å²) in [6, 6.07) is 14.0. The van der Waals surface area contributed by atoms with E-state index in [9.17, 15) is 9.90 Å². The lowest BCUT2D eigenvalue weighted by molar-refractivity contribution is 0.475. The zero-order valence-corrected chi connectivity index (χ0v) is 10.6. The zero-order valence-electron chi connectivity index (χ0n) is 10.6. The van der Waals surface area contributed by atoms with Crippen LogP contribution >= 0.6 is 0 Å². The van der Waals surface area contributed by atoms with Gasteiger partial charge >= 0.3 is 0 Å². The van der Waals surface area contributed by atoms with Crippen molar-refractivity contribution in [3.63, 3.8) is 0 Å². The van der Waals surface area contributed by atoms with E-state index in [-0.39, 0.29) is 11.3 Å². The van der Waals surface area contributed by atoms with Crippen molar-refractivity contribution >= 4 is 0 Å². The zero-order chi connectivity index (χ0) is 13.9. The Hall–Kier alpha value is -2.88. The van der Waals surface area contributed by atoms with E-state index >= 15 is 0 Å². The first-order valence-electron chi connectivity index (χ1n) is 6.17. The molecule has 2 N–H and O–H groups in total. The standard InChI is InChI=1S/C16H12N2O2/c19-13-5-3-4-11(8-13)14-9-12(10-18-16(14)20)15-6-1-2-7-17-15/h1-10,19H,(H,18,20). The van der Waals surface area contributed by atoms with Gasteiger partial charge in [-0.05, 0) is 35.9 Å². The molecule has 0 aliphatic heterocycles. The summed E-state index contributed by atoms with van der Waals surface area (Å²) >= 11 is 0. The van der Waals surface area contributed by atoms with E-state index in [2.05, 4.69) is 9.97 Å². The van der Waals surface area contributed by atoms with Gasteiger partial charge in [-0.25, -0.2) is 0 Å². The largest absolute Gasteiger partial charge is 0.508 e. The molecular weight excluding hydrogens is 252 g/mol. The summed E-state index contributed by atoms with van der Waals surface area (Å²) in [6.07, 6.45) is 3.34. The predicted octanol–water partition coefficient (Wildman–Crippen LogP) is 2.81. The number of aromatic amines is 1. The van der Waals surface area contributed by atoms with Crippen molar-refractivity contribution in [2.75, 3.05) is 0 Å². The maximum atomic E-state index is 12.0. The Morgan fingerprint density at radius 2 is 1.90 bits per heavy atom. The van der Waals surface area contributed by atoms with Crippen molar-refractivity contribution in [2.24, 2.45) is 0 Å². The number of phenolic OH excluding ortho intramolecular Hbond substituents is 1. The minimum atomic E-state index is -0.199. The van der Waals surface area contributed by atoms with E-state index in [1.54, 1.807) is 42.7 Å². The fourth-order valence-electron chi connectivity index (χ4n) is 2.05. The molecule has 0 bridgehead atoms. The number of rotatable bonds is 2. The van der Waals surface area contributed by atoms with Gasteiger partial charge in [0.15, 0.2) is 0 Å². The normalized spacial score (nSPS) is 10.4. The Balaban J connectivity index is 2.15. The molecule has 3 rings (SSSR count). The van der Waals surface area contributed by atoms with Crippen molar-refractivity contribution in [3.8, 4) is 28.1 Å². The summed E-state index contributed by atoms with van der Waals surface area (Å²) in [4.78, 5) is 18.9. The van der Waals surface area contributed by atoms with Crippen molar-refractivity contribution in [2.45, 2.75) is 0 Å². The van der Waals surface area contributed by atoms with Gasteiger partial charge in [-0.2, -0.15) is 0 Å². The third-order valence-electron chi connectivity index (χ3n) is 3.02. The molecule has 0 aliphatic rings. The molecule has 0 spiro atoms. The lowest BCUT2D eigenvalue weighted by Gasteiger charge is -2.05. The molecule has 20 heavy (non-hydrogen) atoms. The minimum Gasteiger partial charge on any atom is -0.508 e. The SMILES string of the molecule is O=c1[nH]cc(-c2ccccn2)cc1-c1cccc(O)c1. The van der Waals surface area contributed by atoms with E-state index in [0.717, 1.165) is 11.3 Å². The number of aromatic hydroxyl groups is 1. The molecule has 2 aromatic heterocycles.